The van der Waals surface area contributed by atoms with Crippen LogP contribution < -0.4 is 5.32 Å². The second-order valence-electron chi connectivity index (χ2n) is 4.25. The van der Waals surface area contributed by atoms with Gasteiger partial charge in [0, 0.05) is 12.2 Å². The molecular formula is C13H17FN2. The largest absolute Gasteiger partial charge is 0.376 e. The fourth-order valence-electron chi connectivity index (χ4n) is 2.07. The van der Waals surface area contributed by atoms with Gasteiger partial charge in [0.1, 0.15) is 0 Å². The second kappa shape index (κ2) is 5.10. The van der Waals surface area contributed by atoms with Crippen molar-refractivity contribution in [1.82, 2.24) is 4.98 Å². The smallest absolute Gasteiger partial charge is 0.164 e. The highest BCUT2D eigenvalue weighted by Gasteiger charge is 2.12. The minimum atomic E-state index is -0.286. The molecule has 1 aliphatic rings. The van der Waals surface area contributed by atoms with E-state index in [1.165, 1.54) is 24.6 Å². The van der Waals surface area contributed by atoms with Crippen LogP contribution in [0.25, 0.3) is 0 Å². The highest BCUT2D eigenvalue weighted by Crippen LogP contribution is 2.23. The van der Waals surface area contributed by atoms with E-state index in [9.17, 15) is 4.39 Å². The molecule has 0 fully saturated rings. The number of allylic oxidation sites excluding steroid dienone is 1. The molecule has 1 N–H and O–H groups in total. The van der Waals surface area contributed by atoms with Crippen molar-refractivity contribution in [3.05, 3.63) is 35.9 Å². The molecule has 0 bridgehead atoms. The van der Waals surface area contributed by atoms with Gasteiger partial charge in [-0.05, 0) is 38.7 Å². The maximum Gasteiger partial charge on any atom is 0.164 e. The van der Waals surface area contributed by atoms with Gasteiger partial charge >= 0.3 is 0 Å². The molecule has 16 heavy (non-hydrogen) atoms. The lowest BCUT2D eigenvalue weighted by Crippen LogP contribution is -2.20. The maximum atomic E-state index is 13.4. The molecule has 0 radical (unpaired) electrons. The molecule has 1 aromatic heterocycles. The third-order valence-corrected chi connectivity index (χ3v) is 3.03. The Hall–Kier alpha value is -1.38. The summed E-state index contributed by atoms with van der Waals surface area (Å²) in [6.07, 6.45) is 9.93. The molecule has 0 aliphatic heterocycles. The SMILES string of the molecule is CC(Nc1ccncc1F)C1=CCCCC1. The van der Waals surface area contributed by atoms with E-state index in [4.69, 9.17) is 0 Å². The zero-order valence-corrected chi connectivity index (χ0v) is 9.54. The minimum absolute atomic E-state index is 0.206. The van der Waals surface area contributed by atoms with Crippen molar-refractivity contribution >= 4 is 5.69 Å². The monoisotopic (exact) mass is 220 g/mol. The summed E-state index contributed by atoms with van der Waals surface area (Å²) in [5, 5.41) is 3.20. The molecule has 0 aromatic carbocycles. The Morgan fingerprint density at radius 1 is 1.44 bits per heavy atom. The van der Waals surface area contributed by atoms with E-state index in [2.05, 4.69) is 23.3 Å². The minimum Gasteiger partial charge on any atom is -0.376 e. The number of pyridine rings is 1. The molecule has 2 rings (SSSR count). The predicted molar refractivity (Wildman–Crippen MR) is 63.8 cm³/mol. The number of nitrogens with zero attached hydrogens (tertiary/aromatic N) is 1. The first-order valence-electron chi connectivity index (χ1n) is 5.82. The van der Waals surface area contributed by atoms with Crippen LogP contribution >= 0.6 is 0 Å². The van der Waals surface area contributed by atoms with E-state index in [1.54, 1.807) is 12.3 Å². The van der Waals surface area contributed by atoms with E-state index >= 15 is 0 Å². The fraction of sp³-hybridized carbons (Fsp3) is 0.462. The van der Waals surface area contributed by atoms with Crippen molar-refractivity contribution in [2.45, 2.75) is 38.6 Å². The van der Waals surface area contributed by atoms with Crippen molar-refractivity contribution in [2.75, 3.05) is 5.32 Å². The van der Waals surface area contributed by atoms with Gasteiger partial charge < -0.3 is 5.32 Å². The Balaban J connectivity index is 2.04. The first-order valence-corrected chi connectivity index (χ1v) is 5.82. The number of nitrogens with one attached hydrogen (secondary N) is 1. The summed E-state index contributed by atoms with van der Waals surface area (Å²) < 4.78 is 13.4. The summed E-state index contributed by atoms with van der Waals surface area (Å²) >= 11 is 0. The number of aromatic nitrogens is 1. The van der Waals surface area contributed by atoms with Gasteiger partial charge in [0.25, 0.3) is 0 Å². The topological polar surface area (TPSA) is 24.9 Å². The average Bonchev–Trinajstić information content (AvgIpc) is 2.33. The van der Waals surface area contributed by atoms with Gasteiger partial charge in [-0.25, -0.2) is 4.39 Å². The Labute approximate surface area is 95.6 Å². The lowest BCUT2D eigenvalue weighted by atomic mass is 9.94. The second-order valence-corrected chi connectivity index (χ2v) is 4.25. The maximum absolute atomic E-state index is 13.4. The highest BCUT2D eigenvalue weighted by atomic mass is 19.1. The molecule has 0 amide bonds. The molecule has 1 aliphatic carbocycles. The Morgan fingerprint density at radius 2 is 2.31 bits per heavy atom. The fourth-order valence-corrected chi connectivity index (χ4v) is 2.07. The summed E-state index contributed by atoms with van der Waals surface area (Å²) in [6.45, 7) is 2.08. The quantitative estimate of drug-likeness (QED) is 0.788. The summed E-state index contributed by atoms with van der Waals surface area (Å²) in [7, 11) is 0. The van der Waals surface area contributed by atoms with E-state index in [0.717, 1.165) is 12.8 Å². The van der Waals surface area contributed by atoms with E-state index in [1.807, 2.05) is 0 Å². The highest BCUT2D eigenvalue weighted by molar-refractivity contribution is 5.45. The standard InChI is InChI=1S/C13H17FN2/c1-10(11-5-3-2-4-6-11)16-13-7-8-15-9-12(13)14/h5,7-10H,2-4,6H2,1H3,(H,15,16). The third-order valence-electron chi connectivity index (χ3n) is 3.03. The van der Waals surface area contributed by atoms with Crippen molar-refractivity contribution < 1.29 is 4.39 Å². The van der Waals surface area contributed by atoms with Gasteiger partial charge in [-0.15, -0.1) is 0 Å². The number of anilines is 1. The van der Waals surface area contributed by atoms with Gasteiger partial charge in [0.15, 0.2) is 5.82 Å². The van der Waals surface area contributed by atoms with Gasteiger partial charge in [-0.2, -0.15) is 0 Å². The molecular weight excluding hydrogens is 203 g/mol. The van der Waals surface area contributed by atoms with Gasteiger partial charge in [-0.1, -0.05) is 11.6 Å². The number of hydrogen-bond acceptors (Lipinski definition) is 2. The first-order chi connectivity index (χ1) is 7.77. The van der Waals surface area contributed by atoms with Crippen LogP contribution in [0.15, 0.2) is 30.1 Å². The lowest BCUT2D eigenvalue weighted by Gasteiger charge is -2.21. The molecule has 1 unspecified atom stereocenters. The van der Waals surface area contributed by atoms with Crippen molar-refractivity contribution in [3.63, 3.8) is 0 Å². The molecule has 0 spiro atoms. The molecule has 0 saturated carbocycles. The first kappa shape index (κ1) is 11.1. The molecule has 1 atom stereocenters. The van der Waals surface area contributed by atoms with Crippen LogP contribution in [0.5, 0.6) is 0 Å². The number of halogens is 1. The van der Waals surface area contributed by atoms with Crippen molar-refractivity contribution in [1.29, 1.82) is 0 Å². The number of rotatable bonds is 3. The normalized spacial score (nSPS) is 17.8. The van der Waals surface area contributed by atoms with Gasteiger partial charge in [0.2, 0.25) is 0 Å². The molecule has 0 saturated heterocycles. The van der Waals surface area contributed by atoms with Gasteiger partial charge in [-0.3, -0.25) is 4.98 Å². The van der Waals surface area contributed by atoms with Crippen LogP contribution in [-0.2, 0) is 0 Å². The van der Waals surface area contributed by atoms with Crippen LogP contribution in [0.3, 0.4) is 0 Å². The van der Waals surface area contributed by atoms with Crippen LogP contribution in [-0.4, -0.2) is 11.0 Å². The number of hydrogen-bond donors (Lipinski definition) is 1. The van der Waals surface area contributed by atoms with E-state index < -0.39 is 0 Å². The van der Waals surface area contributed by atoms with Crippen molar-refractivity contribution in [3.8, 4) is 0 Å². The van der Waals surface area contributed by atoms with Crippen molar-refractivity contribution in [2.24, 2.45) is 0 Å². The zero-order chi connectivity index (χ0) is 11.4. The summed E-state index contributed by atoms with van der Waals surface area (Å²) in [4.78, 5) is 3.74. The average molecular weight is 220 g/mol. The predicted octanol–water partition coefficient (Wildman–Crippen LogP) is 3.52. The zero-order valence-electron chi connectivity index (χ0n) is 9.54. The van der Waals surface area contributed by atoms with E-state index in [-0.39, 0.29) is 11.9 Å². The summed E-state index contributed by atoms with van der Waals surface area (Å²) in [5.41, 5.74) is 1.93. The van der Waals surface area contributed by atoms with Gasteiger partial charge in [0.05, 0.1) is 11.9 Å². The molecule has 86 valence electrons. The molecule has 1 heterocycles. The molecule has 3 heteroatoms. The van der Waals surface area contributed by atoms with Crippen LogP contribution in [0.4, 0.5) is 10.1 Å². The lowest BCUT2D eigenvalue weighted by molar-refractivity contribution is 0.618. The Kier molecular flexibility index (Phi) is 3.54. The van der Waals surface area contributed by atoms with Crippen LogP contribution in [0.2, 0.25) is 0 Å². The van der Waals surface area contributed by atoms with Crippen LogP contribution in [0.1, 0.15) is 32.6 Å². The Bertz CT molecular complexity index is 387. The van der Waals surface area contributed by atoms with E-state index in [0.29, 0.717) is 5.69 Å². The summed E-state index contributed by atoms with van der Waals surface area (Å²) in [5.74, 6) is -0.286. The third kappa shape index (κ3) is 2.60. The Morgan fingerprint density at radius 3 is 3.00 bits per heavy atom. The van der Waals surface area contributed by atoms with Crippen LogP contribution in [0, 0.1) is 5.82 Å². The molecule has 2 nitrogen and oxygen atoms in total. The molecule has 1 aromatic rings. The summed E-state index contributed by atoms with van der Waals surface area (Å²) in [6, 6.07) is 1.88.